The number of pyridine rings is 1. The van der Waals surface area contributed by atoms with Gasteiger partial charge in [-0.1, -0.05) is 11.6 Å². The molecule has 1 aliphatic heterocycles. The predicted octanol–water partition coefficient (Wildman–Crippen LogP) is 4.76. The van der Waals surface area contributed by atoms with Crippen molar-refractivity contribution in [2.75, 3.05) is 19.6 Å². The Hall–Kier alpha value is -2.16. The number of urea groups is 1. The molecule has 1 unspecified atom stereocenters. The normalized spacial score (nSPS) is 17.7. The Morgan fingerprint density at radius 1 is 1.26 bits per heavy atom. The first-order chi connectivity index (χ1) is 16.8. The van der Waals surface area contributed by atoms with Gasteiger partial charge in [0.2, 0.25) is 0 Å². The molecule has 2 aliphatic rings. The van der Waals surface area contributed by atoms with E-state index in [9.17, 15) is 9.59 Å². The minimum absolute atomic E-state index is 0.0789. The fraction of sp³-hybridized carbons (Fsp3) is 0.577. The molecule has 7 nitrogen and oxygen atoms in total. The van der Waals surface area contributed by atoms with Crippen molar-refractivity contribution in [3.63, 3.8) is 0 Å². The highest BCUT2D eigenvalue weighted by Gasteiger charge is 2.32. The van der Waals surface area contributed by atoms with E-state index in [0.717, 1.165) is 50.8 Å². The molecule has 190 valence electrons. The smallest absolute Gasteiger partial charge is 0.318 e. The zero-order valence-electron chi connectivity index (χ0n) is 20.8. The number of hydrogen-bond donors (Lipinski definition) is 2. The number of aromatic nitrogens is 1. The van der Waals surface area contributed by atoms with Crippen LogP contribution in [0.15, 0.2) is 22.9 Å². The molecule has 1 atom stereocenters. The average Bonchev–Trinajstić information content (AvgIpc) is 3.47. The molecule has 1 saturated carbocycles. The summed E-state index contributed by atoms with van der Waals surface area (Å²) in [7, 11) is 0. The summed E-state index contributed by atoms with van der Waals surface area (Å²) >= 11 is 7.67. The highest BCUT2D eigenvalue weighted by Crippen LogP contribution is 2.24. The van der Waals surface area contributed by atoms with Crippen molar-refractivity contribution >= 4 is 34.9 Å². The first kappa shape index (κ1) is 25.9. The van der Waals surface area contributed by atoms with Crippen LogP contribution in [0.25, 0.3) is 0 Å². The van der Waals surface area contributed by atoms with Crippen molar-refractivity contribution in [2.45, 2.75) is 77.5 Å². The highest BCUT2D eigenvalue weighted by atomic mass is 35.5. The number of likely N-dealkylation sites (tertiary alicyclic amines) is 1. The van der Waals surface area contributed by atoms with Gasteiger partial charge < -0.3 is 20.4 Å². The fourth-order valence-corrected chi connectivity index (χ4v) is 5.81. The number of rotatable bonds is 9. The second-order valence-electron chi connectivity index (χ2n) is 9.87. The second kappa shape index (κ2) is 11.7. The molecule has 1 saturated heterocycles. The van der Waals surface area contributed by atoms with Gasteiger partial charge in [-0.3, -0.25) is 4.79 Å². The number of hydrogen-bond acceptors (Lipinski definition) is 5. The van der Waals surface area contributed by atoms with Gasteiger partial charge in [0.25, 0.3) is 5.91 Å². The third kappa shape index (κ3) is 6.96. The highest BCUT2D eigenvalue weighted by molar-refractivity contribution is 7.07. The third-order valence-electron chi connectivity index (χ3n) is 7.10. The van der Waals surface area contributed by atoms with E-state index < -0.39 is 0 Å². The maximum absolute atomic E-state index is 13.0. The molecule has 0 spiro atoms. The maximum Gasteiger partial charge on any atom is 0.318 e. The fourth-order valence-electron chi connectivity index (χ4n) is 4.86. The molecule has 2 fully saturated rings. The van der Waals surface area contributed by atoms with Crippen LogP contribution in [0.1, 0.15) is 66.2 Å². The predicted molar refractivity (Wildman–Crippen MR) is 141 cm³/mol. The summed E-state index contributed by atoms with van der Waals surface area (Å²) < 4.78 is 0. The van der Waals surface area contributed by atoms with Crippen LogP contribution >= 0.6 is 22.9 Å². The molecule has 4 rings (SSSR count). The molecule has 2 aromatic rings. The molecular weight excluding hydrogens is 482 g/mol. The number of nitrogens with zero attached hydrogens (tertiary/aromatic N) is 3. The molecule has 3 heterocycles. The summed E-state index contributed by atoms with van der Waals surface area (Å²) in [6.07, 6.45) is 4.99. The van der Waals surface area contributed by atoms with Gasteiger partial charge in [0.05, 0.1) is 11.3 Å². The molecule has 35 heavy (non-hydrogen) atoms. The van der Waals surface area contributed by atoms with Gasteiger partial charge in [-0.25, -0.2) is 9.78 Å². The number of carbonyl (C=O) groups excluding carboxylic acids is 2. The Morgan fingerprint density at radius 2 is 2.00 bits per heavy atom. The average molecular weight is 518 g/mol. The molecule has 0 radical (unpaired) electrons. The van der Waals surface area contributed by atoms with E-state index >= 15 is 0 Å². The van der Waals surface area contributed by atoms with Crippen molar-refractivity contribution in [3.05, 3.63) is 50.4 Å². The lowest BCUT2D eigenvalue weighted by Gasteiger charge is -2.40. The molecular formula is C26H36ClN5O2S. The van der Waals surface area contributed by atoms with Gasteiger partial charge in [0.1, 0.15) is 5.15 Å². The number of nitrogens with one attached hydrogen (secondary N) is 2. The number of thiophene rings is 1. The topological polar surface area (TPSA) is 77.6 Å². The maximum atomic E-state index is 13.0. The van der Waals surface area contributed by atoms with Gasteiger partial charge >= 0.3 is 6.03 Å². The zero-order chi connectivity index (χ0) is 24.9. The van der Waals surface area contributed by atoms with E-state index in [1.807, 2.05) is 18.7 Å². The Morgan fingerprint density at radius 3 is 2.63 bits per heavy atom. The van der Waals surface area contributed by atoms with Crippen molar-refractivity contribution in [2.24, 2.45) is 0 Å². The SMILES string of the molecule is Cc1cc(Cl)nc(C)c1C(=O)NCCC(C)N1CCC(N(Cc2ccsc2)C(=O)NC2CC2)CC1. The zero-order valence-corrected chi connectivity index (χ0v) is 22.4. The first-order valence-electron chi connectivity index (χ1n) is 12.6. The Balaban J connectivity index is 1.25. The van der Waals surface area contributed by atoms with Gasteiger partial charge in [-0.2, -0.15) is 11.3 Å². The molecule has 0 aromatic carbocycles. The largest absolute Gasteiger partial charge is 0.352 e. The quantitative estimate of drug-likeness (QED) is 0.470. The summed E-state index contributed by atoms with van der Waals surface area (Å²) in [6, 6.07) is 4.88. The molecule has 3 amide bonds. The Kier molecular flexibility index (Phi) is 8.68. The van der Waals surface area contributed by atoms with Crippen LogP contribution in [-0.2, 0) is 6.54 Å². The van der Waals surface area contributed by atoms with Gasteiger partial charge in [-0.05, 0) is 86.9 Å². The summed E-state index contributed by atoms with van der Waals surface area (Å²) in [4.78, 5) is 34.4. The lowest BCUT2D eigenvalue weighted by atomic mass is 10.0. The van der Waals surface area contributed by atoms with Gasteiger partial charge in [0, 0.05) is 44.3 Å². The summed E-state index contributed by atoms with van der Waals surface area (Å²) in [5.74, 6) is -0.0965. The summed E-state index contributed by atoms with van der Waals surface area (Å²) in [5.41, 5.74) is 3.31. The molecule has 2 N–H and O–H groups in total. The molecule has 1 aliphatic carbocycles. The van der Waals surface area contributed by atoms with Crippen LogP contribution in [0.3, 0.4) is 0 Å². The number of piperidine rings is 1. The van der Waals surface area contributed by atoms with E-state index in [1.165, 1.54) is 5.56 Å². The summed E-state index contributed by atoms with van der Waals surface area (Å²) in [5, 5.41) is 10.8. The monoisotopic (exact) mass is 517 g/mol. The van der Waals surface area contributed by atoms with Crippen molar-refractivity contribution in [1.29, 1.82) is 0 Å². The third-order valence-corrected chi connectivity index (χ3v) is 8.03. The Bertz CT molecular complexity index is 996. The molecule has 9 heteroatoms. The van der Waals surface area contributed by atoms with Crippen molar-refractivity contribution in [3.8, 4) is 0 Å². The lowest BCUT2D eigenvalue weighted by Crippen LogP contribution is -2.52. The number of carbonyl (C=O) groups is 2. The first-order valence-corrected chi connectivity index (χ1v) is 13.9. The molecule has 0 bridgehead atoms. The van der Waals surface area contributed by atoms with Crippen LogP contribution in [0.2, 0.25) is 5.15 Å². The second-order valence-corrected chi connectivity index (χ2v) is 11.0. The van der Waals surface area contributed by atoms with Crippen LogP contribution in [-0.4, -0.2) is 64.5 Å². The van der Waals surface area contributed by atoms with Crippen LogP contribution in [0.5, 0.6) is 0 Å². The van der Waals surface area contributed by atoms with Crippen LogP contribution in [0, 0.1) is 13.8 Å². The Labute approximate surface area is 217 Å². The van der Waals surface area contributed by atoms with E-state index in [0.29, 0.717) is 41.6 Å². The minimum atomic E-state index is -0.0965. The van der Waals surface area contributed by atoms with Gasteiger partial charge in [-0.15, -0.1) is 0 Å². The van der Waals surface area contributed by atoms with Gasteiger partial charge in [0.15, 0.2) is 0 Å². The van der Waals surface area contributed by atoms with E-state index in [2.05, 4.69) is 44.3 Å². The van der Waals surface area contributed by atoms with E-state index in [1.54, 1.807) is 17.4 Å². The number of amides is 3. The van der Waals surface area contributed by atoms with Crippen molar-refractivity contribution < 1.29 is 9.59 Å². The standard InChI is InChI=1S/C26H36ClN5O2S/c1-17-14-23(27)29-19(3)24(17)25(33)28-10-6-18(2)31-11-7-22(8-12-31)32(15-20-9-13-35-16-20)26(34)30-21-4-5-21/h9,13-14,16,18,21-22H,4-8,10-12,15H2,1-3H3,(H,28,33)(H,30,34). The van der Waals surface area contributed by atoms with E-state index in [4.69, 9.17) is 11.6 Å². The van der Waals surface area contributed by atoms with Crippen molar-refractivity contribution in [1.82, 2.24) is 25.4 Å². The number of aryl methyl sites for hydroxylation is 2. The minimum Gasteiger partial charge on any atom is -0.352 e. The van der Waals surface area contributed by atoms with Crippen LogP contribution in [0.4, 0.5) is 4.79 Å². The number of halogens is 1. The summed E-state index contributed by atoms with van der Waals surface area (Å²) in [6.45, 7) is 9.10. The van der Waals surface area contributed by atoms with E-state index in [-0.39, 0.29) is 18.0 Å². The molecule has 2 aromatic heterocycles. The van der Waals surface area contributed by atoms with Crippen LogP contribution < -0.4 is 10.6 Å². The lowest BCUT2D eigenvalue weighted by molar-refractivity contribution is 0.0903.